The van der Waals surface area contributed by atoms with Crippen LogP contribution in [0.1, 0.15) is 10.4 Å². The van der Waals surface area contributed by atoms with Gasteiger partial charge in [0.1, 0.15) is 17.2 Å². The number of benzene rings is 3. The maximum absolute atomic E-state index is 12.5. The number of amides is 2. The largest absolute Gasteiger partial charge is 0.497 e. The van der Waals surface area contributed by atoms with Gasteiger partial charge in [-0.05, 0) is 48.5 Å². The molecular weight excluding hydrogens is 428 g/mol. The SMILES string of the molecule is COc1cccc(C(=O)Nc2cccc(SCC(=O)Nc3cc(OC)ccc3OC)c2)c1. The van der Waals surface area contributed by atoms with E-state index in [2.05, 4.69) is 10.6 Å². The monoisotopic (exact) mass is 452 g/mol. The lowest BCUT2D eigenvalue weighted by molar-refractivity contribution is -0.113. The Bertz CT molecular complexity index is 1100. The van der Waals surface area contributed by atoms with Gasteiger partial charge in [0, 0.05) is 22.2 Å². The number of thioether (sulfide) groups is 1. The minimum Gasteiger partial charge on any atom is -0.497 e. The average molecular weight is 453 g/mol. The first-order valence-electron chi connectivity index (χ1n) is 9.72. The fourth-order valence-electron chi connectivity index (χ4n) is 2.88. The van der Waals surface area contributed by atoms with Gasteiger partial charge in [0.15, 0.2) is 0 Å². The van der Waals surface area contributed by atoms with Crippen LogP contribution in [0.4, 0.5) is 11.4 Å². The molecule has 0 aliphatic heterocycles. The van der Waals surface area contributed by atoms with Gasteiger partial charge in [-0.25, -0.2) is 0 Å². The zero-order valence-electron chi connectivity index (χ0n) is 18.0. The molecule has 0 bridgehead atoms. The Morgan fingerprint density at radius 2 is 1.56 bits per heavy atom. The van der Waals surface area contributed by atoms with Gasteiger partial charge in [-0.3, -0.25) is 9.59 Å². The van der Waals surface area contributed by atoms with E-state index in [1.54, 1.807) is 62.8 Å². The number of ether oxygens (including phenoxy) is 3. The van der Waals surface area contributed by atoms with Gasteiger partial charge in [0.05, 0.1) is 32.8 Å². The second-order valence-corrected chi connectivity index (χ2v) is 7.67. The molecule has 3 aromatic rings. The number of rotatable bonds is 9. The van der Waals surface area contributed by atoms with Crippen LogP contribution in [0, 0.1) is 0 Å². The first-order valence-corrected chi connectivity index (χ1v) is 10.7. The summed E-state index contributed by atoms with van der Waals surface area (Å²) in [6.07, 6.45) is 0. The molecule has 0 spiro atoms. The summed E-state index contributed by atoms with van der Waals surface area (Å²) in [6, 6.07) is 19.4. The standard InChI is InChI=1S/C24H24N2O5S/c1-29-18-8-4-6-16(12-18)24(28)25-17-7-5-9-20(13-17)32-15-23(27)26-21-14-19(30-2)10-11-22(21)31-3/h4-14H,15H2,1-3H3,(H,25,28)(H,26,27). The van der Waals surface area contributed by atoms with Crippen molar-refractivity contribution < 1.29 is 23.8 Å². The quantitative estimate of drug-likeness (QED) is 0.458. The Morgan fingerprint density at radius 1 is 0.812 bits per heavy atom. The number of carbonyl (C=O) groups is 2. The number of hydrogen-bond donors (Lipinski definition) is 2. The zero-order valence-corrected chi connectivity index (χ0v) is 18.8. The van der Waals surface area contributed by atoms with E-state index in [1.165, 1.54) is 18.9 Å². The molecule has 0 aromatic heterocycles. The molecule has 0 atom stereocenters. The lowest BCUT2D eigenvalue weighted by atomic mass is 10.2. The van der Waals surface area contributed by atoms with Crippen molar-refractivity contribution in [1.82, 2.24) is 0 Å². The van der Waals surface area contributed by atoms with Crippen molar-refractivity contribution >= 4 is 35.0 Å². The summed E-state index contributed by atoms with van der Waals surface area (Å²) in [7, 11) is 4.65. The minimum absolute atomic E-state index is 0.188. The first-order chi connectivity index (χ1) is 15.5. The molecule has 0 fully saturated rings. The molecule has 2 amide bonds. The molecule has 32 heavy (non-hydrogen) atoms. The molecule has 166 valence electrons. The summed E-state index contributed by atoms with van der Waals surface area (Å²) in [6.45, 7) is 0. The molecule has 8 heteroatoms. The maximum Gasteiger partial charge on any atom is 0.255 e. The van der Waals surface area contributed by atoms with E-state index in [-0.39, 0.29) is 17.6 Å². The molecule has 0 aliphatic rings. The molecule has 0 saturated heterocycles. The summed E-state index contributed by atoms with van der Waals surface area (Å²) >= 11 is 1.36. The smallest absolute Gasteiger partial charge is 0.255 e. The Balaban J connectivity index is 1.60. The highest BCUT2D eigenvalue weighted by Gasteiger charge is 2.11. The third-order valence-corrected chi connectivity index (χ3v) is 5.47. The lowest BCUT2D eigenvalue weighted by Gasteiger charge is -2.12. The molecule has 3 rings (SSSR count). The Morgan fingerprint density at radius 3 is 2.31 bits per heavy atom. The van der Waals surface area contributed by atoms with Crippen molar-refractivity contribution in [2.24, 2.45) is 0 Å². The highest BCUT2D eigenvalue weighted by Crippen LogP contribution is 2.29. The van der Waals surface area contributed by atoms with Crippen LogP contribution in [0.3, 0.4) is 0 Å². The third-order valence-electron chi connectivity index (χ3n) is 4.47. The maximum atomic E-state index is 12.5. The van der Waals surface area contributed by atoms with Gasteiger partial charge in [-0.1, -0.05) is 12.1 Å². The van der Waals surface area contributed by atoms with E-state index in [1.807, 2.05) is 18.2 Å². The zero-order chi connectivity index (χ0) is 22.9. The van der Waals surface area contributed by atoms with Crippen molar-refractivity contribution in [3.05, 3.63) is 72.3 Å². The second kappa shape index (κ2) is 11.1. The summed E-state index contributed by atoms with van der Waals surface area (Å²) in [4.78, 5) is 25.8. The predicted molar refractivity (Wildman–Crippen MR) is 126 cm³/mol. The van der Waals surface area contributed by atoms with Crippen LogP contribution in [-0.2, 0) is 4.79 Å². The van der Waals surface area contributed by atoms with E-state index >= 15 is 0 Å². The lowest BCUT2D eigenvalue weighted by Crippen LogP contribution is -2.15. The van der Waals surface area contributed by atoms with Gasteiger partial charge in [0.2, 0.25) is 5.91 Å². The highest BCUT2D eigenvalue weighted by molar-refractivity contribution is 8.00. The Kier molecular flexibility index (Phi) is 7.99. The highest BCUT2D eigenvalue weighted by atomic mass is 32.2. The van der Waals surface area contributed by atoms with E-state index in [9.17, 15) is 9.59 Å². The van der Waals surface area contributed by atoms with Crippen LogP contribution in [0.15, 0.2) is 71.6 Å². The van der Waals surface area contributed by atoms with Gasteiger partial charge in [0.25, 0.3) is 5.91 Å². The van der Waals surface area contributed by atoms with E-state index < -0.39 is 0 Å². The van der Waals surface area contributed by atoms with Gasteiger partial charge in [-0.15, -0.1) is 11.8 Å². The number of anilines is 2. The van der Waals surface area contributed by atoms with E-state index in [0.29, 0.717) is 34.2 Å². The van der Waals surface area contributed by atoms with Crippen LogP contribution in [0.5, 0.6) is 17.2 Å². The molecule has 0 radical (unpaired) electrons. The molecule has 2 N–H and O–H groups in total. The van der Waals surface area contributed by atoms with Crippen molar-refractivity contribution in [2.75, 3.05) is 37.7 Å². The number of methoxy groups -OCH3 is 3. The fraction of sp³-hybridized carbons (Fsp3) is 0.167. The first kappa shape index (κ1) is 23.0. The van der Waals surface area contributed by atoms with Gasteiger partial charge >= 0.3 is 0 Å². The van der Waals surface area contributed by atoms with Gasteiger partial charge in [-0.2, -0.15) is 0 Å². The van der Waals surface area contributed by atoms with E-state index in [4.69, 9.17) is 14.2 Å². The van der Waals surface area contributed by atoms with Gasteiger partial charge < -0.3 is 24.8 Å². The summed E-state index contributed by atoms with van der Waals surface area (Å²) in [5, 5.41) is 5.71. The second-order valence-electron chi connectivity index (χ2n) is 6.62. The van der Waals surface area contributed by atoms with Crippen molar-refractivity contribution in [3.8, 4) is 17.2 Å². The van der Waals surface area contributed by atoms with Crippen molar-refractivity contribution in [1.29, 1.82) is 0 Å². The topological polar surface area (TPSA) is 85.9 Å². The fourth-order valence-corrected chi connectivity index (χ4v) is 3.63. The molecule has 0 heterocycles. The third kappa shape index (κ3) is 6.18. The number of nitrogens with one attached hydrogen (secondary N) is 2. The molecule has 7 nitrogen and oxygen atoms in total. The van der Waals surface area contributed by atoms with Crippen LogP contribution in [0.25, 0.3) is 0 Å². The predicted octanol–water partition coefficient (Wildman–Crippen LogP) is 4.70. The van der Waals surface area contributed by atoms with Crippen LogP contribution < -0.4 is 24.8 Å². The Hall–Kier alpha value is -3.65. The normalized spacial score (nSPS) is 10.2. The summed E-state index contributed by atoms with van der Waals surface area (Å²) in [5.41, 5.74) is 1.67. The van der Waals surface area contributed by atoms with Crippen molar-refractivity contribution in [2.45, 2.75) is 4.90 Å². The summed E-state index contributed by atoms with van der Waals surface area (Å²) in [5.74, 6) is 1.54. The molecule has 0 saturated carbocycles. The van der Waals surface area contributed by atoms with E-state index in [0.717, 1.165) is 4.90 Å². The van der Waals surface area contributed by atoms with Crippen LogP contribution in [-0.4, -0.2) is 38.9 Å². The Labute approximate surface area is 191 Å². The van der Waals surface area contributed by atoms with Crippen LogP contribution in [0.2, 0.25) is 0 Å². The van der Waals surface area contributed by atoms with Crippen LogP contribution >= 0.6 is 11.8 Å². The molecule has 3 aromatic carbocycles. The number of carbonyl (C=O) groups excluding carboxylic acids is 2. The average Bonchev–Trinajstić information content (AvgIpc) is 2.83. The minimum atomic E-state index is -0.242. The van der Waals surface area contributed by atoms with Crippen molar-refractivity contribution in [3.63, 3.8) is 0 Å². The number of hydrogen-bond acceptors (Lipinski definition) is 6. The molecule has 0 aliphatic carbocycles. The molecular formula is C24H24N2O5S. The molecule has 0 unspecified atom stereocenters. The summed E-state index contributed by atoms with van der Waals surface area (Å²) < 4.78 is 15.7.